The van der Waals surface area contributed by atoms with E-state index in [9.17, 15) is 4.79 Å². The van der Waals surface area contributed by atoms with Gasteiger partial charge in [-0.05, 0) is 30.7 Å². The standard InChI is InChI=1S/C14H18N2O3/c1-3-12(9-18-2)16-14(17)10-19-13-6-4-11(8-15)5-7-13/h4-7,12H,3,9-10H2,1-2H3,(H,16,17). The Labute approximate surface area is 113 Å². The van der Waals surface area contributed by atoms with Crippen molar-refractivity contribution >= 4 is 5.91 Å². The third-order valence-corrected chi connectivity index (χ3v) is 2.58. The maximum absolute atomic E-state index is 11.6. The van der Waals surface area contributed by atoms with E-state index in [1.807, 2.05) is 13.0 Å². The molecule has 1 amide bonds. The van der Waals surface area contributed by atoms with Crippen molar-refractivity contribution in [3.63, 3.8) is 0 Å². The van der Waals surface area contributed by atoms with E-state index in [1.54, 1.807) is 31.4 Å². The number of nitrogens with one attached hydrogen (secondary N) is 1. The molecule has 0 heterocycles. The van der Waals surface area contributed by atoms with Crippen molar-refractivity contribution in [2.75, 3.05) is 20.3 Å². The highest BCUT2D eigenvalue weighted by Crippen LogP contribution is 2.11. The number of methoxy groups -OCH3 is 1. The minimum atomic E-state index is -0.187. The molecule has 19 heavy (non-hydrogen) atoms. The van der Waals surface area contributed by atoms with Crippen LogP contribution in [-0.2, 0) is 9.53 Å². The number of amides is 1. The summed E-state index contributed by atoms with van der Waals surface area (Å²) >= 11 is 0. The van der Waals surface area contributed by atoms with Gasteiger partial charge in [0.15, 0.2) is 6.61 Å². The van der Waals surface area contributed by atoms with Gasteiger partial charge >= 0.3 is 0 Å². The second kappa shape index (κ2) is 8.11. The molecule has 0 aromatic heterocycles. The summed E-state index contributed by atoms with van der Waals surface area (Å²) in [7, 11) is 1.60. The lowest BCUT2D eigenvalue weighted by Crippen LogP contribution is -2.40. The molecule has 0 bridgehead atoms. The molecule has 5 heteroatoms. The van der Waals surface area contributed by atoms with Gasteiger partial charge in [-0.1, -0.05) is 6.92 Å². The molecule has 0 spiro atoms. The van der Waals surface area contributed by atoms with Crippen molar-refractivity contribution in [1.82, 2.24) is 5.32 Å². The Kier molecular flexibility index (Phi) is 6.41. The molecule has 0 aliphatic carbocycles. The van der Waals surface area contributed by atoms with Crippen molar-refractivity contribution in [3.8, 4) is 11.8 Å². The number of nitriles is 1. The van der Waals surface area contributed by atoms with Gasteiger partial charge in [0.25, 0.3) is 5.91 Å². The second-order valence-corrected chi connectivity index (χ2v) is 4.05. The molecule has 1 rings (SSSR count). The third kappa shape index (κ3) is 5.40. The lowest BCUT2D eigenvalue weighted by atomic mass is 10.2. The maximum Gasteiger partial charge on any atom is 0.258 e. The molecule has 0 saturated carbocycles. The summed E-state index contributed by atoms with van der Waals surface area (Å²) in [6.45, 7) is 2.41. The molecule has 5 nitrogen and oxygen atoms in total. The average Bonchev–Trinajstić information content (AvgIpc) is 2.45. The maximum atomic E-state index is 11.6. The van der Waals surface area contributed by atoms with Crippen LogP contribution >= 0.6 is 0 Å². The van der Waals surface area contributed by atoms with Gasteiger partial charge in [-0.15, -0.1) is 0 Å². The zero-order valence-corrected chi connectivity index (χ0v) is 11.2. The topological polar surface area (TPSA) is 71.3 Å². The second-order valence-electron chi connectivity index (χ2n) is 4.05. The molecular formula is C14H18N2O3. The number of carbonyl (C=O) groups is 1. The van der Waals surface area contributed by atoms with E-state index in [-0.39, 0.29) is 18.6 Å². The van der Waals surface area contributed by atoms with Crippen LogP contribution in [0.3, 0.4) is 0 Å². The van der Waals surface area contributed by atoms with Crippen molar-refractivity contribution in [1.29, 1.82) is 5.26 Å². The lowest BCUT2D eigenvalue weighted by molar-refractivity contribution is -0.124. The van der Waals surface area contributed by atoms with Gasteiger partial charge in [-0.25, -0.2) is 0 Å². The fourth-order valence-electron chi connectivity index (χ4n) is 1.51. The highest BCUT2D eigenvalue weighted by Gasteiger charge is 2.10. The predicted octanol–water partition coefficient (Wildman–Crippen LogP) is 1.48. The minimum absolute atomic E-state index is 0.00191. The summed E-state index contributed by atoms with van der Waals surface area (Å²) in [6.07, 6.45) is 0.802. The van der Waals surface area contributed by atoms with Crippen LogP contribution in [0.2, 0.25) is 0 Å². The summed E-state index contributed by atoms with van der Waals surface area (Å²) in [5.41, 5.74) is 0.558. The number of benzene rings is 1. The molecule has 1 aromatic carbocycles. The van der Waals surface area contributed by atoms with Gasteiger partial charge in [0.2, 0.25) is 0 Å². The molecule has 0 radical (unpaired) electrons. The first-order valence-electron chi connectivity index (χ1n) is 6.10. The Morgan fingerprint density at radius 3 is 2.63 bits per heavy atom. The van der Waals surface area contributed by atoms with Crippen LogP contribution in [0.25, 0.3) is 0 Å². The molecule has 102 valence electrons. The summed E-state index contributed by atoms with van der Waals surface area (Å²) in [5, 5.41) is 11.5. The van der Waals surface area contributed by atoms with E-state index in [1.165, 1.54) is 0 Å². The molecule has 1 aromatic rings. The van der Waals surface area contributed by atoms with Crippen LogP contribution in [0.1, 0.15) is 18.9 Å². The first kappa shape index (κ1) is 15.0. The smallest absolute Gasteiger partial charge is 0.258 e. The molecule has 0 fully saturated rings. The monoisotopic (exact) mass is 262 g/mol. The minimum Gasteiger partial charge on any atom is -0.484 e. The number of rotatable bonds is 7. The Morgan fingerprint density at radius 1 is 1.42 bits per heavy atom. The van der Waals surface area contributed by atoms with Gasteiger partial charge in [0, 0.05) is 7.11 Å². The first-order chi connectivity index (χ1) is 9.19. The highest BCUT2D eigenvalue weighted by atomic mass is 16.5. The van der Waals surface area contributed by atoms with E-state index in [0.717, 1.165) is 6.42 Å². The van der Waals surface area contributed by atoms with Crippen LogP contribution in [-0.4, -0.2) is 32.3 Å². The summed E-state index contributed by atoms with van der Waals surface area (Å²) in [5.74, 6) is 0.377. The normalized spacial score (nSPS) is 11.4. The Hall–Kier alpha value is -2.06. The quantitative estimate of drug-likeness (QED) is 0.808. The van der Waals surface area contributed by atoms with E-state index in [0.29, 0.717) is 17.9 Å². The van der Waals surface area contributed by atoms with Gasteiger partial charge in [0.1, 0.15) is 5.75 Å². The molecule has 0 aliphatic heterocycles. The van der Waals surface area contributed by atoms with Crippen LogP contribution in [0, 0.1) is 11.3 Å². The predicted molar refractivity (Wildman–Crippen MR) is 70.7 cm³/mol. The summed E-state index contributed by atoms with van der Waals surface area (Å²) in [6, 6.07) is 8.64. The molecule has 0 saturated heterocycles. The van der Waals surface area contributed by atoms with Crippen molar-refractivity contribution in [2.45, 2.75) is 19.4 Å². The van der Waals surface area contributed by atoms with Crippen LogP contribution < -0.4 is 10.1 Å². The van der Waals surface area contributed by atoms with Crippen LogP contribution in [0.15, 0.2) is 24.3 Å². The number of ether oxygens (including phenoxy) is 2. The lowest BCUT2D eigenvalue weighted by Gasteiger charge is -2.16. The van der Waals surface area contributed by atoms with E-state index in [2.05, 4.69) is 5.32 Å². The van der Waals surface area contributed by atoms with Crippen LogP contribution in [0.5, 0.6) is 5.75 Å². The molecule has 1 N–H and O–H groups in total. The van der Waals surface area contributed by atoms with Gasteiger partial charge < -0.3 is 14.8 Å². The Bertz CT molecular complexity index is 437. The highest BCUT2D eigenvalue weighted by molar-refractivity contribution is 5.77. The van der Waals surface area contributed by atoms with Crippen molar-refractivity contribution in [2.24, 2.45) is 0 Å². The number of carbonyl (C=O) groups excluding carboxylic acids is 1. The van der Waals surface area contributed by atoms with E-state index < -0.39 is 0 Å². The zero-order chi connectivity index (χ0) is 14.1. The van der Waals surface area contributed by atoms with Crippen molar-refractivity contribution in [3.05, 3.63) is 29.8 Å². The fourth-order valence-corrected chi connectivity index (χ4v) is 1.51. The Morgan fingerprint density at radius 2 is 2.11 bits per heavy atom. The largest absolute Gasteiger partial charge is 0.484 e. The number of nitrogens with zero attached hydrogens (tertiary/aromatic N) is 1. The van der Waals surface area contributed by atoms with E-state index in [4.69, 9.17) is 14.7 Å². The van der Waals surface area contributed by atoms with Crippen LogP contribution in [0.4, 0.5) is 0 Å². The van der Waals surface area contributed by atoms with Crippen molar-refractivity contribution < 1.29 is 14.3 Å². The SMILES string of the molecule is CCC(COC)NC(=O)COc1ccc(C#N)cc1. The fraction of sp³-hybridized carbons (Fsp3) is 0.429. The van der Waals surface area contributed by atoms with E-state index >= 15 is 0 Å². The van der Waals surface area contributed by atoms with Gasteiger partial charge in [-0.3, -0.25) is 4.79 Å². The number of hydrogen-bond donors (Lipinski definition) is 1. The molecule has 0 aliphatic rings. The Balaban J connectivity index is 2.38. The average molecular weight is 262 g/mol. The summed E-state index contributed by atoms with van der Waals surface area (Å²) in [4.78, 5) is 11.6. The summed E-state index contributed by atoms with van der Waals surface area (Å²) < 4.78 is 10.3. The third-order valence-electron chi connectivity index (χ3n) is 2.58. The zero-order valence-electron chi connectivity index (χ0n) is 11.2. The first-order valence-corrected chi connectivity index (χ1v) is 6.10. The van der Waals surface area contributed by atoms with Gasteiger partial charge in [0.05, 0.1) is 24.3 Å². The molecule has 1 unspecified atom stereocenters. The van der Waals surface area contributed by atoms with Gasteiger partial charge in [-0.2, -0.15) is 5.26 Å². The molecule has 1 atom stereocenters. The molecular weight excluding hydrogens is 244 g/mol. The number of hydrogen-bond acceptors (Lipinski definition) is 4.